The minimum absolute atomic E-state index is 0.141. The molecule has 1 aliphatic rings. The van der Waals surface area contributed by atoms with E-state index < -0.39 is 0 Å². The first kappa shape index (κ1) is 10.5. The molecule has 0 saturated carbocycles. The summed E-state index contributed by atoms with van der Waals surface area (Å²) in [4.78, 5) is 0. The van der Waals surface area contributed by atoms with Crippen LogP contribution in [0.5, 0.6) is 5.88 Å². The average Bonchev–Trinajstić information content (AvgIpc) is 2.61. The first-order valence-corrected chi connectivity index (χ1v) is 5.52. The van der Waals surface area contributed by atoms with Gasteiger partial charge in [-0.1, -0.05) is 13.8 Å². The van der Waals surface area contributed by atoms with Crippen LogP contribution in [0.2, 0.25) is 0 Å². The van der Waals surface area contributed by atoms with E-state index in [0.717, 1.165) is 19.0 Å². The minimum Gasteiger partial charge on any atom is -0.475 e. The summed E-state index contributed by atoms with van der Waals surface area (Å²) in [5, 5.41) is 4.32. The third-order valence-electron chi connectivity index (χ3n) is 2.62. The summed E-state index contributed by atoms with van der Waals surface area (Å²) in [6.45, 7) is 8.46. The molecule has 0 spiro atoms. The van der Waals surface area contributed by atoms with E-state index in [1.807, 2.05) is 17.8 Å². The van der Waals surface area contributed by atoms with Gasteiger partial charge in [0.25, 0.3) is 0 Å². The van der Waals surface area contributed by atoms with Gasteiger partial charge in [0.1, 0.15) is 12.7 Å². The van der Waals surface area contributed by atoms with Gasteiger partial charge >= 0.3 is 0 Å². The molecule has 15 heavy (non-hydrogen) atoms. The third-order valence-corrected chi connectivity index (χ3v) is 2.62. The highest BCUT2D eigenvalue weighted by Gasteiger charge is 2.24. The van der Waals surface area contributed by atoms with Crippen LogP contribution in [-0.2, 0) is 11.3 Å². The molecule has 0 bridgehead atoms. The Bertz CT molecular complexity index is 333. The molecule has 2 rings (SSSR count). The number of hydrogen-bond acceptors (Lipinski definition) is 3. The second kappa shape index (κ2) is 4.23. The molecule has 4 nitrogen and oxygen atoms in total. The highest BCUT2D eigenvalue weighted by atomic mass is 16.5. The number of hydrogen-bond donors (Lipinski definition) is 0. The standard InChI is InChI=1S/C11H18N2O2/c1-4-14-9-6-13-11(15-7-9)10(5-12-13)8(2)3/h5,8-9H,4,6-7H2,1-3H3. The number of ether oxygens (including phenoxy) is 2. The first-order chi connectivity index (χ1) is 7.22. The van der Waals surface area contributed by atoms with E-state index in [9.17, 15) is 0 Å². The van der Waals surface area contributed by atoms with Crippen LogP contribution >= 0.6 is 0 Å². The topological polar surface area (TPSA) is 36.3 Å². The van der Waals surface area contributed by atoms with Crippen molar-refractivity contribution in [2.45, 2.75) is 39.3 Å². The molecule has 1 unspecified atom stereocenters. The normalized spacial score (nSPS) is 20.1. The Balaban J connectivity index is 2.15. The van der Waals surface area contributed by atoms with Crippen LogP contribution in [0.25, 0.3) is 0 Å². The zero-order valence-electron chi connectivity index (χ0n) is 9.56. The Morgan fingerprint density at radius 2 is 2.47 bits per heavy atom. The van der Waals surface area contributed by atoms with Gasteiger partial charge in [-0.2, -0.15) is 5.10 Å². The van der Waals surface area contributed by atoms with Crippen molar-refractivity contribution in [3.05, 3.63) is 11.8 Å². The van der Waals surface area contributed by atoms with E-state index in [-0.39, 0.29) is 6.10 Å². The van der Waals surface area contributed by atoms with Crippen molar-refractivity contribution < 1.29 is 9.47 Å². The van der Waals surface area contributed by atoms with Crippen LogP contribution in [0.4, 0.5) is 0 Å². The van der Waals surface area contributed by atoms with E-state index >= 15 is 0 Å². The van der Waals surface area contributed by atoms with Crippen LogP contribution in [-0.4, -0.2) is 29.1 Å². The molecule has 0 aliphatic carbocycles. The molecule has 0 amide bonds. The van der Waals surface area contributed by atoms with Gasteiger partial charge in [-0.25, -0.2) is 4.68 Å². The second-order valence-electron chi connectivity index (χ2n) is 4.13. The first-order valence-electron chi connectivity index (χ1n) is 5.52. The molecular weight excluding hydrogens is 192 g/mol. The van der Waals surface area contributed by atoms with Gasteiger partial charge in [0, 0.05) is 12.2 Å². The van der Waals surface area contributed by atoms with E-state index in [4.69, 9.17) is 9.47 Å². The molecule has 0 radical (unpaired) electrons. The predicted molar refractivity (Wildman–Crippen MR) is 57.2 cm³/mol. The molecule has 4 heteroatoms. The van der Waals surface area contributed by atoms with Gasteiger partial charge in [-0.15, -0.1) is 0 Å². The number of aromatic nitrogens is 2. The molecule has 1 aromatic rings. The van der Waals surface area contributed by atoms with Crippen LogP contribution in [0.1, 0.15) is 32.3 Å². The minimum atomic E-state index is 0.141. The summed E-state index contributed by atoms with van der Waals surface area (Å²) in [5.74, 6) is 1.37. The largest absolute Gasteiger partial charge is 0.475 e. The lowest BCUT2D eigenvalue weighted by Crippen LogP contribution is -2.33. The number of nitrogens with zero attached hydrogens (tertiary/aromatic N) is 2. The van der Waals surface area contributed by atoms with Gasteiger partial charge in [-0.3, -0.25) is 0 Å². The Labute approximate surface area is 90.2 Å². The van der Waals surface area contributed by atoms with Gasteiger partial charge in [-0.05, 0) is 12.8 Å². The summed E-state index contributed by atoms with van der Waals surface area (Å²) in [7, 11) is 0. The number of rotatable bonds is 3. The van der Waals surface area contributed by atoms with E-state index in [1.165, 1.54) is 5.56 Å². The summed E-state index contributed by atoms with van der Waals surface area (Å²) < 4.78 is 13.1. The average molecular weight is 210 g/mol. The second-order valence-corrected chi connectivity index (χ2v) is 4.13. The molecule has 0 aromatic carbocycles. The zero-order chi connectivity index (χ0) is 10.8. The fourth-order valence-corrected chi connectivity index (χ4v) is 1.83. The Morgan fingerprint density at radius 1 is 1.67 bits per heavy atom. The molecule has 0 N–H and O–H groups in total. The third kappa shape index (κ3) is 2.00. The molecule has 0 saturated heterocycles. The molecule has 1 aromatic heterocycles. The highest BCUT2D eigenvalue weighted by molar-refractivity contribution is 5.28. The summed E-state index contributed by atoms with van der Waals surface area (Å²) in [6.07, 6.45) is 2.04. The van der Waals surface area contributed by atoms with E-state index in [0.29, 0.717) is 12.5 Å². The maximum Gasteiger partial charge on any atom is 0.215 e. The monoisotopic (exact) mass is 210 g/mol. The summed E-state index contributed by atoms with van der Waals surface area (Å²) >= 11 is 0. The molecule has 1 atom stereocenters. The molecule has 84 valence electrons. The lowest BCUT2D eigenvalue weighted by Gasteiger charge is -2.24. The quantitative estimate of drug-likeness (QED) is 0.763. The predicted octanol–water partition coefficient (Wildman–Crippen LogP) is 1.80. The van der Waals surface area contributed by atoms with E-state index in [1.54, 1.807) is 0 Å². The summed E-state index contributed by atoms with van der Waals surface area (Å²) in [6, 6.07) is 0. The van der Waals surface area contributed by atoms with Crippen molar-refractivity contribution in [3.8, 4) is 5.88 Å². The Hall–Kier alpha value is -1.03. The molecular formula is C11H18N2O2. The zero-order valence-corrected chi connectivity index (χ0v) is 9.56. The van der Waals surface area contributed by atoms with Gasteiger partial charge in [0.05, 0.1) is 12.7 Å². The van der Waals surface area contributed by atoms with Crippen LogP contribution in [0.15, 0.2) is 6.20 Å². The van der Waals surface area contributed by atoms with Crippen molar-refractivity contribution in [3.63, 3.8) is 0 Å². The molecule has 1 aliphatic heterocycles. The lowest BCUT2D eigenvalue weighted by atomic mass is 10.1. The smallest absolute Gasteiger partial charge is 0.215 e. The van der Waals surface area contributed by atoms with Crippen LogP contribution in [0, 0.1) is 0 Å². The molecule has 2 heterocycles. The van der Waals surface area contributed by atoms with Gasteiger partial charge in [0.2, 0.25) is 5.88 Å². The van der Waals surface area contributed by atoms with Crippen molar-refractivity contribution in [2.24, 2.45) is 0 Å². The maximum atomic E-state index is 5.70. The lowest BCUT2D eigenvalue weighted by molar-refractivity contribution is -0.00687. The fourth-order valence-electron chi connectivity index (χ4n) is 1.83. The SMILES string of the molecule is CCOC1COc2c(C(C)C)cnn2C1. The maximum absolute atomic E-state index is 5.70. The highest BCUT2D eigenvalue weighted by Crippen LogP contribution is 2.28. The van der Waals surface area contributed by atoms with Crippen LogP contribution < -0.4 is 4.74 Å². The van der Waals surface area contributed by atoms with Crippen LogP contribution in [0.3, 0.4) is 0 Å². The Kier molecular flexibility index (Phi) is 2.95. The fraction of sp³-hybridized carbons (Fsp3) is 0.727. The summed E-state index contributed by atoms with van der Waals surface area (Å²) in [5.41, 5.74) is 1.19. The molecule has 0 fully saturated rings. The van der Waals surface area contributed by atoms with E-state index in [2.05, 4.69) is 18.9 Å². The van der Waals surface area contributed by atoms with Crippen molar-refractivity contribution >= 4 is 0 Å². The van der Waals surface area contributed by atoms with Crippen molar-refractivity contribution in [1.82, 2.24) is 9.78 Å². The van der Waals surface area contributed by atoms with Crippen molar-refractivity contribution in [1.29, 1.82) is 0 Å². The van der Waals surface area contributed by atoms with Gasteiger partial charge in [0.15, 0.2) is 0 Å². The number of fused-ring (bicyclic) bond motifs is 1. The van der Waals surface area contributed by atoms with Gasteiger partial charge < -0.3 is 9.47 Å². The Morgan fingerprint density at radius 3 is 3.13 bits per heavy atom. The van der Waals surface area contributed by atoms with Crippen molar-refractivity contribution in [2.75, 3.05) is 13.2 Å².